The van der Waals surface area contributed by atoms with Crippen molar-refractivity contribution in [2.45, 2.75) is 18.3 Å². The zero-order valence-electron chi connectivity index (χ0n) is 9.61. The van der Waals surface area contributed by atoms with E-state index in [-0.39, 0.29) is 12.4 Å². The second kappa shape index (κ2) is 6.38. The van der Waals surface area contributed by atoms with Crippen LogP contribution in [0.15, 0.2) is 17.3 Å². The highest BCUT2D eigenvalue weighted by molar-refractivity contribution is 7.99. The molecule has 0 unspecified atom stereocenters. The molecule has 0 saturated carbocycles. The van der Waals surface area contributed by atoms with Crippen molar-refractivity contribution >= 4 is 40.7 Å². The molecule has 0 radical (unpaired) electrons. The van der Waals surface area contributed by atoms with E-state index in [0.29, 0.717) is 21.9 Å². The number of thioether (sulfide) groups is 1. The predicted octanol–water partition coefficient (Wildman–Crippen LogP) is 1.71. The van der Waals surface area contributed by atoms with Crippen LogP contribution in [0, 0.1) is 0 Å². The summed E-state index contributed by atoms with van der Waals surface area (Å²) < 4.78 is 2.36. The highest BCUT2D eigenvalue weighted by Gasteiger charge is 2.14. The molecule has 0 saturated heterocycles. The summed E-state index contributed by atoms with van der Waals surface area (Å²) in [6.45, 7) is 0.210. The Kier molecular flexibility index (Phi) is 4.81. The van der Waals surface area contributed by atoms with E-state index in [9.17, 15) is 9.90 Å². The van der Waals surface area contributed by atoms with Crippen LogP contribution in [0.2, 0.25) is 4.34 Å². The van der Waals surface area contributed by atoms with Crippen LogP contribution in [0.25, 0.3) is 0 Å². The van der Waals surface area contributed by atoms with E-state index in [1.165, 1.54) is 11.3 Å². The minimum absolute atomic E-state index is 0.102. The van der Waals surface area contributed by atoms with Crippen molar-refractivity contribution in [2.75, 3.05) is 5.75 Å². The normalized spacial score (nSPS) is 10.8. The molecule has 0 bridgehead atoms. The van der Waals surface area contributed by atoms with E-state index in [1.54, 1.807) is 10.6 Å². The molecule has 6 nitrogen and oxygen atoms in total. The number of carbonyl (C=O) groups is 1. The maximum Gasteiger partial charge on any atom is 0.313 e. The third-order valence-electron chi connectivity index (χ3n) is 2.20. The van der Waals surface area contributed by atoms with Gasteiger partial charge in [-0.2, -0.15) is 0 Å². The fourth-order valence-corrected chi connectivity index (χ4v) is 3.17. The predicted molar refractivity (Wildman–Crippen MR) is 72.7 cm³/mol. The van der Waals surface area contributed by atoms with Crippen molar-refractivity contribution in [3.63, 3.8) is 0 Å². The first-order valence-electron chi connectivity index (χ1n) is 5.22. The number of carboxylic acid groups (broad SMARTS) is 1. The van der Waals surface area contributed by atoms with Gasteiger partial charge in [-0.3, -0.25) is 9.36 Å². The minimum atomic E-state index is -0.927. The zero-order valence-corrected chi connectivity index (χ0v) is 12.0. The van der Waals surface area contributed by atoms with Crippen LogP contribution in [0.5, 0.6) is 0 Å². The molecule has 0 aliphatic carbocycles. The molecular weight excluding hydrogens is 310 g/mol. The van der Waals surface area contributed by atoms with E-state index in [4.69, 9.17) is 16.7 Å². The molecule has 0 aliphatic rings. The van der Waals surface area contributed by atoms with Crippen molar-refractivity contribution in [1.82, 2.24) is 14.8 Å². The minimum Gasteiger partial charge on any atom is -0.481 e. The van der Waals surface area contributed by atoms with Crippen LogP contribution in [-0.4, -0.2) is 36.7 Å². The summed E-state index contributed by atoms with van der Waals surface area (Å²) in [7, 11) is 0. The van der Waals surface area contributed by atoms with Gasteiger partial charge in [0, 0.05) is 4.88 Å². The quantitative estimate of drug-likeness (QED) is 0.788. The lowest BCUT2D eigenvalue weighted by Gasteiger charge is -2.06. The molecule has 9 heteroatoms. The van der Waals surface area contributed by atoms with Gasteiger partial charge >= 0.3 is 5.97 Å². The summed E-state index contributed by atoms with van der Waals surface area (Å²) in [6, 6.07) is 3.66. The van der Waals surface area contributed by atoms with Crippen LogP contribution in [0.1, 0.15) is 10.7 Å². The summed E-state index contributed by atoms with van der Waals surface area (Å²) in [5, 5.41) is 26.1. The fourth-order valence-electron chi connectivity index (χ4n) is 1.42. The zero-order chi connectivity index (χ0) is 13.8. The molecule has 2 rings (SSSR count). The SMILES string of the molecule is O=C(O)CSc1nnc(CO)n1Cc1ccc(Cl)s1. The smallest absolute Gasteiger partial charge is 0.313 e. The Morgan fingerprint density at radius 1 is 1.47 bits per heavy atom. The van der Waals surface area contributed by atoms with Crippen LogP contribution < -0.4 is 0 Å². The molecule has 0 fully saturated rings. The molecule has 2 N–H and O–H groups in total. The summed E-state index contributed by atoms with van der Waals surface area (Å²) in [5.41, 5.74) is 0. The lowest BCUT2D eigenvalue weighted by atomic mass is 10.4. The second-order valence-electron chi connectivity index (χ2n) is 3.53. The summed E-state index contributed by atoms with van der Waals surface area (Å²) in [4.78, 5) is 11.6. The maximum absolute atomic E-state index is 10.6. The number of aromatic nitrogens is 3. The molecule has 0 aromatic carbocycles. The molecule has 0 atom stereocenters. The van der Waals surface area contributed by atoms with E-state index in [0.717, 1.165) is 16.6 Å². The van der Waals surface area contributed by atoms with Gasteiger partial charge in [-0.1, -0.05) is 23.4 Å². The Balaban J connectivity index is 2.20. The van der Waals surface area contributed by atoms with Crippen LogP contribution >= 0.6 is 34.7 Å². The molecule has 19 heavy (non-hydrogen) atoms. The first-order valence-corrected chi connectivity index (χ1v) is 7.40. The Morgan fingerprint density at radius 3 is 2.84 bits per heavy atom. The number of aliphatic hydroxyl groups excluding tert-OH is 1. The molecule has 102 valence electrons. The topological polar surface area (TPSA) is 88.2 Å². The summed E-state index contributed by atoms with van der Waals surface area (Å²) >= 11 is 8.35. The number of aliphatic carboxylic acids is 1. The Morgan fingerprint density at radius 2 is 2.26 bits per heavy atom. The number of rotatable bonds is 6. The Bertz CT molecular complexity index is 584. The molecule has 2 aromatic rings. The van der Waals surface area contributed by atoms with Crippen molar-refractivity contribution in [1.29, 1.82) is 0 Å². The van der Waals surface area contributed by atoms with E-state index in [2.05, 4.69) is 10.2 Å². The number of hydrogen-bond acceptors (Lipinski definition) is 6. The standard InChI is InChI=1S/C10H10ClN3O3S2/c11-7-2-1-6(19-7)3-14-8(4-15)12-13-10(14)18-5-9(16)17/h1-2,15H,3-5H2,(H,16,17). The van der Waals surface area contributed by atoms with Crippen molar-refractivity contribution in [2.24, 2.45) is 0 Å². The molecule has 0 aliphatic heterocycles. The summed E-state index contributed by atoms with van der Waals surface area (Å²) in [6.07, 6.45) is 0. The van der Waals surface area contributed by atoms with Crippen LogP contribution in [0.3, 0.4) is 0 Å². The van der Waals surface area contributed by atoms with Gasteiger partial charge in [0.2, 0.25) is 0 Å². The molecule has 2 aromatic heterocycles. The van der Waals surface area contributed by atoms with E-state index >= 15 is 0 Å². The maximum atomic E-state index is 10.6. The highest BCUT2D eigenvalue weighted by atomic mass is 35.5. The first kappa shape index (κ1) is 14.3. The lowest BCUT2D eigenvalue weighted by molar-refractivity contribution is -0.133. The Labute approximate surface area is 122 Å². The summed E-state index contributed by atoms with van der Waals surface area (Å²) in [5.74, 6) is -0.629. The van der Waals surface area contributed by atoms with Crippen molar-refractivity contribution in [3.8, 4) is 0 Å². The molecule has 0 amide bonds. The van der Waals surface area contributed by atoms with Gasteiger partial charge in [0.05, 0.1) is 16.6 Å². The number of hydrogen-bond donors (Lipinski definition) is 2. The molecular formula is C10H10ClN3O3S2. The second-order valence-corrected chi connectivity index (χ2v) is 6.27. The highest BCUT2D eigenvalue weighted by Crippen LogP contribution is 2.25. The number of halogens is 1. The average Bonchev–Trinajstić information content (AvgIpc) is 2.94. The first-order chi connectivity index (χ1) is 9.10. The number of carboxylic acids is 1. The number of nitrogens with zero attached hydrogens (tertiary/aromatic N) is 3. The fraction of sp³-hybridized carbons (Fsp3) is 0.300. The monoisotopic (exact) mass is 319 g/mol. The van der Waals surface area contributed by atoms with Crippen molar-refractivity contribution in [3.05, 3.63) is 27.2 Å². The number of thiophene rings is 1. The third kappa shape index (κ3) is 3.69. The van der Waals surface area contributed by atoms with Gasteiger partial charge in [0.1, 0.15) is 6.61 Å². The molecule has 2 heterocycles. The van der Waals surface area contributed by atoms with Gasteiger partial charge in [-0.05, 0) is 12.1 Å². The van der Waals surface area contributed by atoms with Crippen molar-refractivity contribution < 1.29 is 15.0 Å². The largest absolute Gasteiger partial charge is 0.481 e. The lowest BCUT2D eigenvalue weighted by Crippen LogP contribution is -2.07. The van der Waals surface area contributed by atoms with Gasteiger partial charge in [0.25, 0.3) is 0 Å². The molecule has 0 spiro atoms. The van der Waals surface area contributed by atoms with Gasteiger partial charge in [-0.25, -0.2) is 0 Å². The third-order valence-corrected chi connectivity index (χ3v) is 4.37. The van der Waals surface area contributed by atoms with Gasteiger partial charge in [-0.15, -0.1) is 21.5 Å². The van der Waals surface area contributed by atoms with Gasteiger partial charge in [0.15, 0.2) is 11.0 Å². The Hall–Kier alpha value is -1.09. The van der Waals surface area contributed by atoms with Crippen LogP contribution in [0.4, 0.5) is 0 Å². The van der Waals surface area contributed by atoms with E-state index in [1.807, 2.05) is 6.07 Å². The average molecular weight is 320 g/mol. The van der Waals surface area contributed by atoms with Gasteiger partial charge < -0.3 is 10.2 Å². The van der Waals surface area contributed by atoms with Crippen LogP contribution in [-0.2, 0) is 17.9 Å². The van der Waals surface area contributed by atoms with E-state index < -0.39 is 5.97 Å². The number of aliphatic hydroxyl groups is 1.